The fraction of sp³-hybridized carbons (Fsp3) is 0.692. The minimum absolute atomic E-state index is 0.638. The van der Waals surface area contributed by atoms with Crippen molar-refractivity contribution in [3.63, 3.8) is 0 Å². The van der Waals surface area contributed by atoms with Crippen LogP contribution in [0, 0.1) is 5.92 Å². The molecule has 1 aliphatic heterocycles. The number of rotatable bonds is 7. The third-order valence-corrected chi connectivity index (χ3v) is 3.14. The summed E-state index contributed by atoms with van der Waals surface area (Å²) in [4.78, 5) is 4.83. The van der Waals surface area contributed by atoms with Crippen LogP contribution < -0.4 is 0 Å². The fourth-order valence-electron chi connectivity index (χ4n) is 1.83. The minimum Gasteiger partial charge on any atom is -0.307 e. The lowest BCUT2D eigenvalue weighted by atomic mass is 10.1. The first-order chi connectivity index (χ1) is 7.26. The van der Waals surface area contributed by atoms with Crippen molar-refractivity contribution in [3.05, 3.63) is 24.8 Å². The van der Waals surface area contributed by atoms with Crippen LogP contribution in [0.3, 0.4) is 0 Å². The summed E-state index contributed by atoms with van der Waals surface area (Å²) in [5, 5.41) is 0. The van der Waals surface area contributed by atoms with E-state index in [9.17, 15) is 0 Å². The maximum atomic E-state index is 3.94. The van der Waals surface area contributed by atoms with E-state index < -0.39 is 0 Å². The van der Waals surface area contributed by atoms with Gasteiger partial charge in [0.2, 0.25) is 0 Å². The summed E-state index contributed by atoms with van der Waals surface area (Å²) < 4.78 is 0. The molecule has 1 heterocycles. The van der Waals surface area contributed by atoms with Crippen LogP contribution in [0.5, 0.6) is 0 Å². The van der Waals surface area contributed by atoms with Crippen LogP contribution in [0.1, 0.15) is 13.3 Å². The zero-order valence-electron chi connectivity index (χ0n) is 10.2. The van der Waals surface area contributed by atoms with Crippen molar-refractivity contribution < 1.29 is 0 Å². The van der Waals surface area contributed by atoms with Gasteiger partial charge in [0.1, 0.15) is 0 Å². The van der Waals surface area contributed by atoms with Gasteiger partial charge in [-0.25, -0.2) is 0 Å². The van der Waals surface area contributed by atoms with E-state index in [1.807, 2.05) is 0 Å². The van der Waals surface area contributed by atoms with Gasteiger partial charge in [0.15, 0.2) is 0 Å². The topological polar surface area (TPSA) is 6.48 Å². The summed E-state index contributed by atoms with van der Waals surface area (Å²) >= 11 is 0. The molecular weight excluding hydrogens is 184 g/mol. The Morgan fingerprint density at radius 3 is 2.67 bits per heavy atom. The molecule has 1 aliphatic rings. The standard InChI is InChI=1S/C13H24N2/c1-4-13(8-11-14(3)5-2)12-15-9-6-7-10-15/h4,6-7,13H,1,5,8-12H2,2-3H3. The summed E-state index contributed by atoms with van der Waals surface area (Å²) in [6, 6.07) is 0. The van der Waals surface area contributed by atoms with Gasteiger partial charge < -0.3 is 4.90 Å². The van der Waals surface area contributed by atoms with Gasteiger partial charge in [-0.3, -0.25) is 4.90 Å². The molecule has 86 valence electrons. The Hall–Kier alpha value is -0.600. The Bertz CT molecular complexity index is 203. The smallest absolute Gasteiger partial charge is 0.0167 e. The minimum atomic E-state index is 0.638. The molecule has 0 bridgehead atoms. The molecule has 0 saturated heterocycles. The van der Waals surface area contributed by atoms with Crippen molar-refractivity contribution in [2.45, 2.75) is 13.3 Å². The molecule has 0 spiro atoms. The van der Waals surface area contributed by atoms with Crippen molar-refractivity contribution in [1.29, 1.82) is 0 Å². The molecule has 2 nitrogen and oxygen atoms in total. The van der Waals surface area contributed by atoms with Gasteiger partial charge in [-0.05, 0) is 32.5 Å². The Morgan fingerprint density at radius 1 is 1.47 bits per heavy atom. The van der Waals surface area contributed by atoms with Gasteiger partial charge in [-0.2, -0.15) is 0 Å². The predicted octanol–water partition coefficient (Wildman–Crippen LogP) is 2.00. The van der Waals surface area contributed by atoms with Crippen molar-refractivity contribution >= 4 is 0 Å². The monoisotopic (exact) mass is 208 g/mol. The van der Waals surface area contributed by atoms with Gasteiger partial charge in [0.05, 0.1) is 0 Å². The molecule has 0 amide bonds. The first kappa shape index (κ1) is 12.5. The van der Waals surface area contributed by atoms with E-state index in [4.69, 9.17) is 0 Å². The Labute approximate surface area is 94.3 Å². The number of nitrogens with zero attached hydrogens (tertiary/aromatic N) is 2. The number of hydrogen-bond donors (Lipinski definition) is 0. The normalized spacial score (nSPS) is 18.6. The summed E-state index contributed by atoms with van der Waals surface area (Å²) in [5.74, 6) is 0.638. The zero-order chi connectivity index (χ0) is 11.1. The maximum Gasteiger partial charge on any atom is 0.0167 e. The second kappa shape index (κ2) is 6.81. The van der Waals surface area contributed by atoms with E-state index in [2.05, 4.69) is 48.6 Å². The molecule has 2 heteroatoms. The molecule has 15 heavy (non-hydrogen) atoms. The molecule has 0 aliphatic carbocycles. The van der Waals surface area contributed by atoms with Crippen molar-refractivity contribution in [2.75, 3.05) is 39.8 Å². The highest BCUT2D eigenvalue weighted by atomic mass is 15.1. The Balaban J connectivity index is 2.20. The molecule has 0 radical (unpaired) electrons. The average molecular weight is 208 g/mol. The summed E-state index contributed by atoms with van der Waals surface area (Å²) in [6.07, 6.45) is 7.84. The molecule has 0 aromatic carbocycles. The van der Waals surface area contributed by atoms with Crippen LogP contribution in [0.2, 0.25) is 0 Å². The second-order valence-corrected chi connectivity index (χ2v) is 4.37. The molecule has 0 aromatic heterocycles. The highest BCUT2D eigenvalue weighted by Crippen LogP contribution is 2.10. The third kappa shape index (κ3) is 4.63. The molecule has 0 saturated carbocycles. The van der Waals surface area contributed by atoms with Gasteiger partial charge >= 0.3 is 0 Å². The van der Waals surface area contributed by atoms with Crippen LogP contribution in [-0.2, 0) is 0 Å². The summed E-state index contributed by atoms with van der Waals surface area (Å²) in [6.45, 7) is 11.9. The molecule has 1 unspecified atom stereocenters. The van der Waals surface area contributed by atoms with Crippen molar-refractivity contribution in [1.82, 2.24) is 9.80 Å². The molecule has 0 fully saturated rings. The van der Waals surface area contributed by atoms with E-state index in [0.29, 0.717) is 5.92 Å². The average Bonchev–Trinajstić information content (AvgIpc) is 2.76. The molecule has 0 N–H and O–H groups in total. The van der Waals surface area contributed by atoms with Gasteiger partial charge in [0.25, 0.3) is 0 Å². The quantitative estimate of drug-likeness (QED) is 0.590. The third-order valence-electron chi connectivity index (χ3n) is 3.14. The Morgan fingerprint density at radius 2 is 2.13 bits per heavy atom. The highest BCUT2D eigenvalue weighted by Gasteiger charge is 2.12. The van der Waals surface area contributed by atoms with Gasteiger partial charge in [-0.1, -0.05) is 25.2 Å². The van der Waals surface area contributed by atoms with Gasteiger partial charge in [0, 0.05) is 19.6 Å². The van der Waals surface area contributed by atoms with Crippen LogP contribution >= 0.6 is 0 Å². The van der Waals surface area contributed by atoms with Gasteiger partial charge in [-0.15, -0.1) is 6.58 Å². The van der Waals surface area contributed by atoms with Crippen LogP contribution in [0.15, 0.2) is 24.8 Å². The Kier molecular flexibility index (Phi) is 5.66. The SMILES string of the molecule is C=CC(CCN(C)CC)CN1CC=CC1. The summed E-state index contributed by atoms with van der Waals surface area (Å²) in [7, 11) is 2.18. The van der Waals surface area contributed by atoms with E-state index in [1.165, 1.54) is 13.0 Å². The first-order valence-corrected chi connectivity index (χ1v) is 5.94. The zero-order valence-corrected chi connectivity index (χ0v) is 10.2. The number of hydrogen-bond acceptors (Lipinski definition) is 2. The molecule has 0 aromatic rings. The largest absolute Gasteiger partial charge is 0.307 e. The maximum absolute atomic E-state index is 3.94. The van der Waals surface area contributed by atoms with Crippen molar-refractivity contribution in [2.24, 2.45) is 5.92 Å². The summed E-state index contributed by atoms with van der Waals surface area (Å²) in [5.41, 5.74) is 0. The lowest BCUT2D eigenvalue weighted by molar-refractivity contribution is 0.274. The molecule has 1 rings (SSSR count). The van der Waals surface area contributed by atoms with E-state index in [1.54, 1.807) is 0 Å². The predicted molar refractivity (Wildman–Crippen MR) is 67.1 cm³/mol. The van der Waals surface area contributed by atoms with Crippen LogP contribution in [0.25, 0.3) is 0 Å². The van der Waals surface area contributed by atoms with Crippen molar-refractivity contribution in [3.8, 4) is 0 Å². The second-order valence-electron chi connectivity index (χ2n) is 4.37. The van der Waals surface area contributed by atoms with Crippen LogP contribution in [0.4, 0.5) is 0 Å². The molecule has 1 atom stereocenters. The van der Waals surface area contributed by atoms with Crippen LogP contribution in [-0.4, -0.2) is 49.6 Å². The first-order valence-electron chi connectivity index (χ1n) is 5.94. The lowest BCUT2D eigenvalue weighted by Crippen LogP contribution is -2.29. The van der Waals surface area contributed by atoms with E-state index in [-0.39, 0.29) is 0 Å². The lowest BCUT2D eigenvalue weighted by Gasteiger charge is -2.23. The highest BCUT2D eigenvalue weighted by molar-refractivity contribution is 4.97. The van der Waals surface area contributed by atoms with E-state index >= 15 is 0 Å². The fourth-order valence-corrected chi connectivity index (χ4v) is 1.83. The molecular formula is C13H24N2. The van der Waals surface area contributed by atoms with E-state index in [0.717, 1.165) is 26.2 Å².